The number of hydrogen-bond acceptors (Lipinski definition) is 3. The topological polar surface area (TPSA) is 32.5 Å². The second-order valence-corrected chi connectivity index (χ2v) is 6.15. The fraction of sp³-hybridized carbons (Fsp3) is 0.667. The Bertz CT molecular complexity index is 411. The van der Waals surface area contributed by atoms with E-state index in [-0.39, 0.29) is 6.04 Å². The van der Waals surface area contributed by atoms with E-state index in [9.17, 15) is 0 Å². The van der Waals surface area contributed by atoms with Crippen LogP contribution in [0.4, 0.5) is 5.69 Å². The number of rotatable bonds is 7. The third-order valence-electron chi connectivity index (χ3n) is 4.82. The van der Waals surface area contributed by atoms with Crippen LogP contribution in [0.3, 0.4) is 0 Å². The molecule has 2 N–H and O–H groups in total. The van der Waals surface area contributed by atoms with Crippen molar-refractivity contribution in [3.05, 3.63) is 29.8 Å². The number of benzene rings is 1. The molecule has 1 aliphatic rings. The van der Waals surface area contributed by atoms with Crippen molar-refractivity contribution in [2.24, 2.45) is 5.73 Å². The van der Waals surface area contributed by atoms with Gasteiger partial charge in [0.25, 0.3) is 0 Å². The average molecular weight is 289 g/mol. The molecular weight excluding hydrogens is 258 g/mol. The third-order valence-corrected chi connectivity index (χ3v) is 4.82. The van der Waals surface area contributed by atoms with E-state index in [4.69, 9.17) is 5.73 Å². The maximum Gasteiger partial charge on any atom is 0.0366 e. The van der Waals surface area contributed by atoms with Crippen LogP contribution in [0.25, 0.3) is 0 Å². The molecule has 118 valence electrons. The lowest BCUT2D eigenvalue weighted by Gasteiger charge is -2.26. The van der Waals surface area contributed by atoms with Gasteiger partial charge in [-0.2, -0.15) is 0 Å². The van der Waals surface area contributed by atoms with Crippen molar-refractivity contribution in [2.45, 2.75) is 52.1 Å². The van der Waals surface area contributed by atoms with Crippen LogP contribution < -0.4 is 10.6 Å². The van der Waals surface area contributed by atoms with Crippen LogP contribution in [0.15, 0.2) is 24.3 Å². The largest absolute Gasteiger partial charge is 0.370 e. The molecule has 1 aromatic rings. The van der Waals surface area contributed by atoms with Gasteiger partial charge in [-0.25, -0.2) is 0 Å². The minimum absolute atomic E-state index is 0.287. The first-order valence-corrected chi connectivity index (χ1v) is 8.51. The maximum atomic E-state index is 6.03. The Labute approximate surface area is 130 Å². The predicted molar refractivity (Wildman–Crippen MR) is 92.0 cm³/mol. The molecule has 0 amide bonds. The first-order valence-electron chi connectivity index (χ1n) is 8.51. The summed E-state index contributed by atoms with van der Waals surface area (Å²) in [6, 6.07) is 10.0. The van der Waals surface area contributed by atoms with Crippen LogP contribution in [0.1, 0.15) is 39.2 Å². The second-order valence-electron chi connectivity index (χ2n) is 6.15. The van der Waals surface area contributed by atoms with Crippen LogP contribution in [-0.2, 0) is 6.42 Å². The zero-order chi connectivity index (χ0) is 15.2. The number of anilines is 1. The van der Waals surface area contributed by atoms with Crippen molar-refractivity contribution in [3.8, 4) is 0 Å². The molecule has 1 fully saturated rings. The van der Waals surface area contributed by atoms with E-state index in [1.54, 1.807) is 0 Å². The first kappa shape index (κ1) is 16.3. The smallest absolute Gasteiger partial charge is 0.0366 e. The molecule has 1 heterocycles. The van der Waals surface area contributed by atoms with Gasteiger partial charge >= 0.3 is 0 Å². The molecule has 0 saturated carbocycles. The molecule has 0 aliphatic carbocycles. The molecule has 21 heavy (non-hydrogen) atoms. The van der Waals surface area contributed by atoms with Gasteiger partial charge in [0.1, 0.15) is 0 Å². The van der Waals surface area contributed by atoms with Crippen molar-refractivity contribution in [2.75, 3.05) is 31.1 Å². The zero-order valence-corrected chi connectivity index (χ0v) is 13.9. The predicted octanol–water partition coefficient (Wildman–Crippen LogP) is 2.89. The van der Waals surface area contributed by atoms with Gasteiger partial charge < -0.3 is 10.6 Å². The van der Waals surface area contributed by atoms with E-state index in [0.29, 0.717) is 6.04 Å². The van der Waals surface area contributed by atoms with Crippen molar-refractivity contribution in [3.63, 3.8) is 0 Å². The van der Waals surface area contributed by atoms with Gasteiger partial charge in [-0.15, -0.1) is 0 Å². The Morgan fingerprint density at radius 2 is 1.86 bits per heavy atom. The summed E-state index contributed by atoms with van der Waals surface area (Å²) in [6.45, 7) is 11.3. The number of hydrogen-bond donors (Lipinski definition) is 1. The summed E-state index contributed by atoms with van der Waals surface area (Å²) in [5.41, 5.74) is 8.75. The van der Waals surface area contributed by atoms with Crippen LogP contribution in [0.5, 0.6) is 0 Å². The summed E-state index contributed by atoms with van der Waals surface area (Å²) in [7, 11) is 0. The molecule has 0 bridgehead atoms. The summed E-state index contributed by atoms with van der Waals surface area (Å²) < 4.78 is 0. The summed E-state index contributed by atoms with van der Waals surface area (Å²) in [4.78, 5) is 5.10. The van der Waals surface area contributed by atoms with Crippen molar-refractivity contribution < 1.29 is 0 Å². The molecule has 0 aromatic heterocycles. The molecule has 1 aliphatic heterocycles. The minimum Gasteiger partial charge on any atom is -0.370 e. The Balaban J connectivity index is 1.94. The average Bonchev–Trinajstić information content (AvgIpc) is 2.99. The number of likely N-dealkylation sites (N-methyl/N-ethyl adjacent to an activating group) is 1. The lowest BCUT2D eigenvalue weighted by molar-refractivity contribution is 0.232. The molecule has 0 radical (unpaired) electrons. The molecule has 3 heteroatoms. The van der Waals surface area contributed by atoms with Crippen LogP contribution in [0.2, 0.25) is 0 Å². The van der Waals surface area contributed by atoms with Gasteiger partial charge in [0.15, 0.2) is 0 Å². The van der Waals surface area contributed by atoms with Crippen LogP contribution >= 0.6 is 0 Å². The van der Waals surface area contributed by atoms with Gasteiger partial charge in [0.2, 0.25) is 0 Å². The lowest BCUT2D eigenvalue weighted by atomic mass is 10.0. The van der Waals surface area contributed by atoms with Crippen molar-refractivity contribution >= 4 is 5.69 Å². The summed E-state index contributed by atoms with van der Waals surface area (Å²) in [5, 5.41) is 0. The molecule has 1 saturated heterocycles. The van der Waals surface area contributed by atoms with Gasteiger partial charge in [0.05, 0.1) is 0 Å². The summed E-state index contributed by atoms with van der Waals surface area (Å²) in [6.07, 6.45) is 3.31. The van der Waals surface area contributed by atoms with Crippen molar-refractivity contribution in [1.29, 1.82) is 0 Å². The highest BCUT2D eigenvalue weighted by Crippen LogP contribution is 2.23. The lowest BCUT2D eigenvalue weighted by Crippen LogP contribution is -2.37. The number of nitrogens with two attached hydrogens (primary N) is 1. The minimum atomic E-state index is 0.287. The molecule has 3 nitrogen and oxygen atoms in total. The van der Waals surface area contributed by atoms with E-state index < -0.39 is 0 Å². The molecule has 1 aromatic carbocycles. The molecule has 0 spiro atoms. The summed E-state index contributed by atoms with van der Waals surface area (Å²) in [5.74, 6) is 0. The zero-order valence-electron chi connectivity index (χ0n) is 13.9. The van der Waals surface area contributed by atoms with Gasteiger partial charge in [-0.3, -0.25) is 4.90 Å². The second kappa shape index (κ2) is 7.81. The van der Waals surface area contributed by atoms with Crippen molar-refractivity contribution in [1.82, 2.24) is 4.90 Å². The van der Waals surface area contributed by atoms with E-state index in [1.807, 2.05) is 0 Å². The van der Waals surface area contributed by atoms with E-state index in [1.165, 1.54) is 24.2 Å². The SMILES string of the molecule is CCC(N)Cc1ccc(N2CCC(N(CC)CC)C2)cc1. The highest BCUT2D eigenvalue weighted by molar-refractivity contribution is 5.49. The standard InChI is InChI=1S/C18H31N3/c1-4-16(19)13-15-7-9-17(10-8-15)21-12-11-18(14-21)20(5-2)6-3/h7-10,16,18H,4-6,11-14,19H2,1-3H3. The van der Waals surface area contributed by atoms with E-state index >= 15 is 0 Å². The Hall–Kier alpha value is -1.06. The monoisotopic (exact) mass is 289 g/mol. The maximum absolute atomic E-state index is 6.03. The highest BCUT2D eigenvalue weighted by Gasteiger charge is 2.26. The molecule has 2 unspecified atom stereocenters. The normalized spacial score (nSPS) is 20.2. The van der Waals surface area contributed by atoms with Gasteiger partial charge in [-0.1, -0.05) is 32.9 Å². The van der Waals surface area contributed by atoms with Crippen LogP contribution in [-0.4, -0.2) is 43.2 Å². The molecular formula is C18H31N3. The molecule has 2 rings (SSSR count). The molecule has 2 atom stereocenters. The number of nitrogens with zero attached hydrogens (tertiary/aromatic N) is 2. The van der Waals surface area contributed by atoms with Crippen LogP contribution in [0, 0.1) is 0 Å². The third kappa shape index (κ3) is 4.21. The fourth-order valence-corrected chi connectivity index (χ4v) is 3.30. The Kier molecular flexibility index (Phi) is 6.07. The van der Waals surface area contributed by atoms with Gasteiger partial charge in [-0.05, 0) is 50.0 Å². The first-order chi connectivity index (χ1) is 10.2. The Morgan fingerprint density at radius 1 is 1.19 bits per heavy atom. The van der Waals surface area contributed by atoms with E-state index in [0.717, 1.165) is 32.5 Å². The quantitative estimate of drug-likeness (QED) is 0.838. The highest BCUT2D eigenvalue weighted by atomic mass is 15.2. The Morgan fingerprint density at radius 3 is 2.43 bits per heavy atom. The van der Waals surface area contributed by atoms with Gasteiger partial charge in [0, 0.05) is 30.9 Å². The fourth-order valence-electron chi connectivity index (χ4n) is 3.30. The summed E-state index contributed by atoms with van der Waals surface area (Å²) >= 11 is 0. The van der Waals surface area contributed by atoms with E-state index in [2.05, 4.69) is 54.8 Å².